The first-order valence-electron chi connectivity index (χ1n) is 6.94. The molecule has 1 aliphatic heterocycles. The predicted molar refractivity (Wildman–Crippen MR) is 80.9 cm³/mol. The van der Waals surface area contributed by atoms with Crippen LogP contribution in [0.15, 0.2) is 30.7 Å². The van der Waals surface area contributed by atoms with E-state index in [-0.39, 0.29) is 5.92 Å². The molecule has 8 heteroatoms. The van der Waals surface area contributed by atoms with Gasteiger partial charge in [0.15, 0.2) is 0 Å². The van der Waals surface area contributed by atoms with Crippen molar-refractivity contribution in [1.29, 1.82) is 0 Å². The van der Waals surface area contributed by atoms with Gasteiger partial charge in [0.05, 0.1) is 30.7 Å². The summed E-state index contributed by atoms with van der Waals surface area (Å²) in [7, 11) is -1.41. The third-order valence-corrected chi connectivity index (χ3v) is 4.87. The molecule has 22 heavy (non-hydrogen) atoms. The van der Waals surface area contributed by atoms with Crippen LogP contribution in [0.2, 0.25) is 0 Å². The van der Waals surface area contributed by atoms with Gasteiger partial charge in [-0.05, 0) is 12.1 Å². The minimum Gasteiger partial charge on any atom is -0.491 e. The van der Waals surface area contributed by atoms with Crippen molar-refractivity contribution in [2.75, 3.05) is 19.4 Å². The molecular formula is C14H18N4O3S. The lowest BCUT2D eigenvalue weighted by Gasteiger charge is -2.30. The topological polar surface area (TPSA) is 77.3 Å². The van der Waals surface area contributed by atoms with Crippen LogP contribution in [0.3, 0.4) is 0 Å². The number of fused-ring (bicyclic) bond motifs is 1. The third kappa shape index (κ3) is 3.12. The molecule has 7 nitrogen and oxygen atoms in total. The van der Waals surface area contributed by atoms with E-state index < -0.39 is 10.0 Å². The van der Waals surface area contributed by atoms with Crippen LogP contribution in [-0.2, 0) is 23.6 Å². The number of sulfonamides is 1. The summed E-state index contributed by atoms with van der Waals surface area (Å²) in [4.78, 5) is 4.00. The number of rotatable bonds is 4. The monoisotopic (exact) mass is 322 g/mol. The Kier molecular flexibility index (Phi) is 3.88. The van der Waals surface area contributed by atoms with E-state index in [0.29, 0.717) is 25.4 Å². The van der Waals surface area contributed by atoms with Gasteiger partial charge in [-0.25, -0.2) is 8.42 Å². The van der Waals surface area contributed by atoms with E-state index in [1.54, 1.807) is 23.1 Å². The number of ether oxygens (including phenoxy) is 1. The number of nitrogens with zero attached hydrogens (tertiary/aromatic N) is 4. The van der Waals surface area contributed by atoms with E-state index in [1.165, 1.54) is 10.6 Å². The van der Waals surface area contributed by atoms with Gasteiger partial charge in [0.25, 0.3) is 0 Å². The van der Waals surface area contributed by atoms with Crippen molar-refractivity contribution in [2.45, 2.75) is 12.5 Å². The van der Waals surface area contributed by atoms with Crippen LogP contribution in [0.4, 0.5) is 0 Å². The van der Waals surface area contributed by atoms with E-state index >= 15 is 0 Å². The van der Waals surface area contributed by atoms with Crippen LogP contribution < -0.4 is 4.74 Å². The lowest BCUT2D eigenvalue weighted by atomic mass is 9.99. The van der Waals surface area contributed by atoms with Crippen LogP contribution in [0.1, 0.15) is 17.2 Å². The molecule has 2 aromatic rings. The van der Waals surface area contributed by atoms with Gasteiger partial charge in [0.2, 0.25) is 10.0 Å². The fraction of sp³-hybridized carbons (Fsp3) is 0.429. The molecule has 2 aromatic heterocycles. The van der Waals surface area contributed by atoms with Crippen LogP contribution in [0.5, 0.6) is 5.75 Å². The average molecular weight is 322 g/mol. The lowest BCUT2D eigenvalue weighted by Crippen LogP contribution is -2.39. The van der Waals surface area contributed by atoms with Crippen LogP contribution in [0, 0.1) is 0 Å². The van der Waals surface area contributed by atoms with E-state index in [2.05, 4.69) is 10.1 Å². The first-order chi connectivity index (χ1) is 10.4. The molecular weight excluding hydrogens is 304 g/mol. The van der Waals surface area contributed by atoms with Gasteiger partial charge in [-0.15, -0.1) is 0 Å². The number of hydrogen-bond acceptors (Lipinski definition) is 5. The van der Waals surface area contributed by atoms with Crippen molar-refractivity contribution >= 4 is 10.0 Å². The summed E-state index contributed by atoms with van der Waals surface area (Å²) in [5.74, 6) is 0.566. The Labute approximate surface area is 129 Å². The molecule has 3 rings (SSSR count). The largest absolute Gasteiger partial charge is 0.491 e. The summed E-state index contributed by atoms with van der Waals surface area (Å²) >= 11 is 0. The molecule has 0 saturated carbocycles. The Bertz CT molecular complexity index is 758. The molecule has 0 amide bonds. The van der Waals surface area contributed by atoms with Crippen molar-refractivity contribution < 1.29 is 13.2 Å². The fourth-order valence-corrected chi connectivity index (χ4v) is 3.45. The second-order valence-corrected chi connectivity index (χ2v) is 7.45. The molecule has 0 spiro atoms. The molecule has 0 radical (unpaired) electrons. The van der Waals surface area contributed by atoms with Gasteiger partial charge in [-0.3, -0.25) is 9.67 Å². The SMILES string of the molecule is Cn1cc2c(n1)C(COc1cccnc1)CN(S(C)(=O)=O)C2. The zero-order valence-corrected chi connectivity index (χ0v) is 13.3. The molecule has 0 aliphatic carbocycles. The first-order valence-corrected chi connectivity index (χ1v) is 8.78. The zero-order valence-electron chi connectivity index (χ0n) is 12.5. The predicted octanol–water partition coefficient (Wildman–Crippen LogP) is 0.753. The van der Waals surface area contributed by atoms with E-state index in [9.17, 15) is 8.42 Å². The van der Waals surface area contributed by atoms with Crippen molar-refractivity contribution in [3.05, 3.63) is 42.0 Å². The summed E-state index contributed by atoms with van der Waals surface area (Å²) in [5.41, 5.74) is 1.84. The lowest BCUT2D eigenvalue weighted by molar-refractivity contribution is 0.244. The van der Waals surface area contributed by atoms with Gasteiger partial charge in [-0.1, -0.05) is 0 Å². The minimum absolute atomic E-state index is 0.0973. The normalized spacial score (nSPS) is 18.9. The number of aryl methyl sites for hydroxylation is 1. The van der Waals surface area contributed by atoms with Crippen molar-refractivity contribution in [1.82, 2.24) is 19.1 Å². The van der Waals surface area contributed by atoms with Crippen LogP contribution in [-0.4, -0.2) is 46.9 Å². The Morgan fingerprint density at radius 3 is 2.95 bits per heavy atom. The number of hydrogen-bond donors (Lipinski definition) is 0. The third-order valence-electron chi connectivity index (χ3n) is 3.65. The zero-order chi connectivity index (χ0) is 15.7. The quantitative estimate of drug-likeness (QED) is 0.830. The van der Waals surface area contributed by atoms with Crippen molar-refractivity contribution in [2.24, 2.45) is 7.05 Å². The summed E-state index contributed by atoms with van der Waals surface area (Å²) < 4.78 is 32.7. The molecule has 0 aromatic carbocycles. The maximum absolute atomic E-state index is 11.9. The highest BCUT2D eigenvalue weighted by Crippen LogP contribution is 2.29. The summed E-state index contributed by atoms with van der Waals surface area (Å²) in [6.07, 6.45) is 6.41. The van der Waals surface area contributed by atoms with E-state index in [0.717, 1.165) is 11.3 Å². The second kappa shape index (κ2) is 5.69. The van der Waals surface area contributed by atoms with Gasteiger partial charge in [0, 0.05) is 38.1 Å². The molecule has 1 aliphatic rings. The average Bonchev–Trinajstić information content (AvgIpc) is 2.85. The Hall–Kier alpha value is -1.93. The molecule has 118 valence electrons. The molecule has 0 saturated heterocycles. The van der Waals surface area contributed by atoms with Crippen molar-refractivity contribution in [3.8, 4) is 5.75 Å². The highest BCUT2D eigenvalue weighted by molar-refractivity contribution is 7.88. The minimum atomic E-state index is -3.25. The van der Waals surface area contributed by atoms with Crippen LogP contribution >= 0.6 is 0 Å². The molecule has 0 fully saturated rings. The first kappa shape index (κ1) is 15.0. The standard InChI is InChI=1S/C14H18N4O3S/c1-17-7-11-8-18(22(2,19)20)9-12(14(11)16-17)10-21-13-4-3-5-15-6-13/h3-7,12H,8-10H2,1-2H3. The van der Waals surface area contributed by atoms with E-state index in [4.69, 9.17) is 4.74 Å². The van der Waals surface area contributed by atoms with Crippen molar-refractivity contribution in [3.63, 3.8) is 0 Å². The van der Waals surface area contributed by atoms with E-state index in [1.807, 2.05) is 19.3 Å². The molecule has 0 bridgehead atoms. The van der Waals surface area contributed by atoms with Gasteiger partial charge >= 0.3 is 0 Å². The van der Waals surface area contributed by atoms with Gasteiger partial charge < -0.3 is 4.74 Å². The number of aromatic nitrogens is 3. The summed E-state index contributed by atoms with van der Waals surface area (Å²) in [6.45, 7) is 1.11. The summed E-state index contributed by atoms with van der Waals surface area (Å²) in [5, 5.41) is 4.46. The Morgan fingerprint density at radius 1 is 1.45 bits per heavy atom. The highest BCUT2D eigenvalue weighted by Gasteiger charge is 2.32. The maximum atomic E-state index is 11.9. The second-order valence-electron chi connectivity index (χ2n) is 5.47. The maximum Gasteiger partial charge on any atom is 0.211 e. The number of pyridine rings is 1. The molecule has 3 heterocycles. The summed E-state index contributed by atoms with van der Waals surface area (Å²) in [6, 6.07) is 3.62. The molecule has 1 atom stereocenters. The van der Waals surface area contributed by atoms with Gasteiger partial charge in [0.1, 0.15) is 5.75 Å². The fourth-order valence-electron chi connectivity index (χ4n) is 2.62. The Balaban J connectivity index is 1.82. The van der Waals surface area contributed by atoms with Gasteiger partial charge in [-0.2, -0.15) is 9.40 Å². The Morgan fingerprint density at radius 2 is 2.27 bits per heavy atom. The highest BCUT2D eigenvalue weighted by atomic mass is 32.2. The molecule has 0 N–H and O–H groups in total. The van der Waals surface area contributed by atoms with Crippen LogP contribution in [0.25, 0.3) is 0 Å². The smallest absolute Gasteiger partial charge is 0.211 e. The molecule has 1 unspecified atom stereocenters.